The van der Waals surface area contributed by atoms with E-state index in [1.807, 2.05) is 18.2 Å². The molecule has 1 heterocycles. The van der Waals surface area contributed by atoms with E-state index in [0.717, 1.165) is 37.4 Å². The summed E-state index contributed by atoms with van der Waals surface area (Å²) in [5.41, 5.74) is 3.42. The minimum Gasteiger partial charge on any atom is -0.370 e. The average Bonchev–Trinajstić information content (AvgIpc) is 2.96. The first-order chi connectivity index (χ1) is 12.8. The summed E-state index contributed by atoms with van der Waals surface area (Å²) < 4.78 is 0. The number of carbonyl (C=O) groups is 1. The van der Waals surface area contributed by atoms with Gasteiger partial charge in [-0.1, -0.05) is 55.3 Å². The Hall–Kier alpha value is -2.33. The molecular weight excluding hydrogens is 322 g/mol. The molecule has 3 N–H and O–H groups in total. The van der Waals surface area contributed by atoms with E-state index in [-0.39, 0.29) is 5.91 Å². The highest BCUT2D eigenvalue weighted by Crippen LogP contribution is 2.27. The number of carbonyl (C=O) groups excluding carboxylic acids is 1. The number of amides is 1. The first-order valence-corrected chi connectivity index (χ1v) is 9.82. The summed E-state index contributed by atoms with van der Waals surface area (Å²) in [4.78, 5) is 14.8. The number of hydrogen-bond donors (Lipinski definition) is 2. The van der Waals surface area contributed by atoms with Gasteiger partial charge in [0.05, 0.1) is 17.9 Å². The molecule has 3 rings (SSSR count). The van der Waals surface area contributed by atoms with Gasteiger partial charge in [0, 0.05) is 19.5 Å². The number of nitrogens with zero attached hydrogens (tertiary/aromatic N) is 1. The zero-order valence-electron chi connectivity index (χ0n) is 15.5. The summed E-state index contributed by atoms with van der Waals surface area (Å²) >= 11 is 0. The van der Waals surface area contributed by atoms with Crippen LogP contribution < -0.4 is 15.5 Å². The normalized spacial score (nSPS) is 14.7. The van der Waals surface area contributed by atoms with Crippen molar-refractivity contribution in [1.29, 1.82) is 0 Å². The zero-order valence-corrected chi connectivity index (χ0v) is 15.5. The molecule has 0 atom stereocenters. The van der Waals surface area contributed by atoms with Gasteiger partial charge in [0.2, 0.25) is 0 Å². The molecule has 1 aliphatic heterocycles. The van der Waals surface area contributed by atoms with Crippen LogP contribution in [0.1, 0.15) is 31.2 Å². The van der Waals surface area contributed by atoms with E-state index in [9.17, 15) is 4.79 Å². The number of anilines is 2. The van der Waals surface area contributed by atoms with E-state index < -0.39 is 0 Å². The van der Waals surface area contributed by atoms with E-state index in [1.54, 1.807) is 0 Å². The van der Waals surface area contributed by atoms with Crippen molar-refractivity contribution in [3.8, 4) is 0 Å². The molecule has 0 bridgehead atoms. The molecule has 1 fully saturated rings. The smallest absolute Gasteiger partial charge is 0.279 e. The highest BCUT2D eigenvalue weighted by molar-refractivity contribution is 5.94. The molecular formula is C22H30N3O+. The van der Waals surface area contributed by atoms with Crippen LogP contribution in [-0.4, -0.2) is 32.1 Å². The lowest BCUT2D eigenvalue weighted by molar-refractivity contribution is -0.643. The Labute approximate surface area is 156 Å². The number of nitrogens with one attached hydrogen (secondary N) is 1. The summed E-state index contributed by atoms with van der Waals surface area (Å²) in [5.74, 6) is 0.0698. The zero-order chi connectivity index (χ0) is 18.0. The van der Waals surface area contributed by atoms with E-state index in [4.69, 9.17) is 0 Å². The molecule has 1 amide bonds. The van der Waals surface area contributed by atoms with Crippen LogP contribution in [0.2, 0.25) is 0 Å². The van der Waals surface area contributed by atoms with Crippen molar-refractivity contribution in [2.75, 3.05) is 36.4 Å². The Balaban J connectivity index is 1.49. The molecule has 4 heteroatoms. The third-order valence-corrected chi connectivity index (χ3v) is 4.93. The summed E-state index contributed by atoms with van der Waals surface area (Å²) in [6.45, 7) is 3.54. The van der Waals surface area contributed by atoms with Gasteiger partial charge in [-0.05, 0) is 30.5 Å². The maximum absolute atomic E-state index is 12.4. The van der Waals surface area contributed by atoms with Gasteiger partial charge < -0.3 is 15.5 Å². The van der Waals surface area contributed by atoms with E-state index in [1.165, 1.54) is 31.2 Å². The summed E-state index contributed by atoms with van der Waals surface area (Å²) in [7, 11) is 0. The van der Waals surface area contributed by atoms with Crippen LogP contribution in [0, 0.1) is 0 Å². The second kappa shape index (κ2) is 9.97. The number of rotatable bonds is 7. The van der Waals surface area contributed by atoms with Crippen molar-refractivity contribution < 1.29 is 10.1 Å². The Bertz CT molecular complexity index is 679. The van der Waals surface area contributed by atoms with Crippen molar-refractivity contribution >= 4 is 17.3 Å². The largest absolute Gasteiger partial charge is 0.370 e. The third-order valence-electron chi connectivity index (χ3n) is 4.93. The van der Waals surface area contributed by atoms with Gasteiger partial charge in [0.1, 0.15) is 0 Å². The summed E-state index contributed by atoms with van der Waals surface area (Å²) in [6.07, 6.45) is 6.06. The van der Waals surface area contributed by atoms with E-state index in [2.05, 4.69) is 51.9 Å². The molecule has 1 aliphatic rings. The SMILES string of the molecule is O=C(C[NH2+]CCc1ccccc1)Nc1ccccc1N1CCCCCC1. The Kier molecular flexibility index (Phi) is 7.08. The molecule has 26 heavy (non-hydrogen) atoms. The van der Waals surface area contributed by atoms with Gasteiger partial charge in [-0.15, -0.1) is 0 Å². The van der Waals surface area contributed by atoms with Gasteiger partial charge in [-0.3, -0.25) is 4.79 Å². The summed E-state index contributed by atoms with van der Waals surface area (Å²) in [5, 5.41) is 5.20. The highest BCUT2D eigenvalue weighted by atomic mass is 16.1. The van der Waals surface area contributed by atoms with Crippen LogP contribution in [0.3, 0.4) is 0 Å². The van der Waals surface area contributed by atoms with Crippen LogP contribution in [0.25, 0.3) is 0 Å². The molecule has 138 valence electrons. The quantitative estimate of drug-likeness (QED) is 0.753. The lowest BCUT2D eigenvalue weighted by Gasteiger charge is -2.25. The molecule has 0 radical (unpaired) electrons. The minimum atomic E-state index is 0.0698. The first-order valence-electron chi connectivity index (χ1n) is 9.82. The molecule has 2 aromatic rings. The number of nitrogens with two attached hydrogens (primary N) is 1. The average molecular weight is 353 g/mol. The Morgan fingerprint density at radius 1 is 0.923 bits per heavy atom. The predicted molar refractivity (Wildman–Crippen MR) is 108 cm³/mol. The fourth-order valence-electron chi connectivity index (χ4n) is 3.51. The number of quaternary nitrogens is 1. The van der Waals surface area contributed by atoms with E-state index >= 15 is 0 Å². The summed E-state index contributed by atoms with van der Waals surface area (Å²) in [6, 6.07) is 18.6. The minimum absolute atomic E-state index is 0.0698. The lowest BCUT2D eigenvalue weighted by Crippen LogP contribution is -2.86. The van der Waals surface area contributed by atoms with Gasteiger partial charge >= 0.3 is 0 Å². The van der Waals surface area contributed by atoms with Crippen molar-refractivity contribution in [3.63, 3.8) is 0 Å². The fourth-order valence-corrected chi connectivity index (χ4v) is 3.51. The van der Waals surface area contributed by atoms with Crippen LogP contribution in [-0.2, 0) is 11.2 Å². The fraction of sp³-hybridized carbons (Fsp3) is 0.409. The first kappa shape index (κ1) is 18.5. The van der Waals surface area contributed by atoms with E-state index in [0.29, 0.717) is 6.54 Å². The predicted octanol–water partition coefficient (Wildman–Crippen LogP) is 2.81. The highest BCUT2D eigenvalue weighted by Gasteiger charge is 2.15. The standard InChI is InChI=1S/C22H29N3O/c26-22(18-23-15-14-19-10-4-3-5-11-19)24-20-12-6-7-13-21(20)25-16-8-1-2-9-17-25/h3-7,10-13,23H,1-2,8-9,14-18H2,(H,24,26)/p+1. The molecule has 2 aromatic carbocycles. The second-order valence-corrected chi connectivity index (χ2v) is 6.98. The number of hydrogen-bond acceptors (Lipinski definition) is 2. The lowest BCUT2D eigenvalue weighted by atomic mass is 10.1. The van der Waals surface area contributed by atoms with Crippen molar-refractivity contribution in [2.45, 2.75) is 32.1 Å². The molecule has 0 unspecified atom stereocenters. The molecule has 4 nitrogen and oxygen atoms in total. The van der Waals surface area contributed by atoms with Crippen molar-refractivity contribution in [3.05, 3.63) is 60.2 Å². The monoisotopic (exact) mass is 352 g/mol. The molecule has 0 saturated carbocycles. The van der Waals surface area contributed by atoms with Crippen LogP contribution >= 0.6 is 0 Å². The molecule has 1 saturated heterocycles. The van der Waals surface area contributed by atoms with Gasteiger partial charge in [-0.25, -0.2) is 0 Å². The molecule has 0 aliphatic carbocycles. The number of para-hydroxylation sites is 2. The maximum atomic E-state index is 12.4. The van der Waals surface area contributed by atoms with Crippen molar-refractivity contribution in [1.82, 2.24) is 0 Å². The van der Waals surface area contributed by atoms with Gasteiger partial charge in [-0.2, -0.15) is 0 Å². The van der Waals surface area contributed by atoms with Crippen LogP contribution in [0.4, 0.5) is 11.4 Å². The second-order valence-electron chi connectivity index (χ2n) is 6.98. The van der Waals surface area contributed by atoms with Gasteiger partial charge in [0.25, 0.3) is 5.91 Å². The van der Waals surface area contributed by atoms with Gasteiger partial charge in [0.15, 0.2) is 6.54 Å². The number of benzene rings is 2. The van der Waals surface area contributed by atoms with Crippen molar-refractivity contribution in [2.24, 2.45) is 0 Å². The maximum Gasteiger partial charge on any atom is 0.279 e. The Morgan fingerprint density at radius 3 is 2.38 bits per heavy atom. The Morgan fingerprint density at radius 2 is 1.62 bits per heavy atom. The van der Waals surface area contributed by atoms with Crippen LogP contribution in [0.15, 0.2) is 54.6 Å². The van der Waals surface area contributed by atoms with Crippen LogP contribution in [0.5, 0.6) is 0 Å². The topological polar surface area (TPSA) is 49.0 Å². The molecule has 0 aromatic heterocycles. The molecule has 0 spiro atoms. The third kappa shape index (κ3) is 5.60.